The Labute approximate surface area is 171 Å². The average molecular weight is 407 g/mol. The maximum atomic E-state index is 12.9. The maximum absolute atomic E-state index is 12.9. The van der Waals surface area contributed by atoms with Crippen LogP contribution in [-0.2, 0) is 0 Å². The Morgan fingerprint density at radius 2 is 1.83 bits per heavy atom. The van der Waals surface area contributed by atoms with Gasteiger partial charge in [0.05, 0.1) is 12.7 Å². The lowest BCUT2D eigenvalue weighted by Crippen LogP contribution is -2.15. The molecule has 0 spiro atoms. The van der Waals surface area contributed by atoms with E-state index in [1.807, 2.05) is 55.6 Å². The largest absolute Gasteiger partial charge is 0.497 e. The summed E-state index contributed by atoms with van der Waals surface area (Å²) in [4.78, 5) is 19.5. The van der Waals surface area contributed by atoms with Crippen LogP contribution in [0.2, 0.25) is 0 Å². The number of H-pyrrole nitrogens is 2. The first-order chi connectivity index (χ1) is 14.2. The third-order valence-electron chi connectivity index (χ3n) is 4.40. The highest BCUT2D eigenvalue weighted by Crippen LogP contribution is 2.26. The molecule has 0 aliphatic carbocycles. The summed E-state index contributed by atoms with van der Waals surface area (Å²) >= 11 is 1.26. The smallest absolute Gasteiger partial charge is 0.301 e. The van der Waals surface area contributed by atoms with Crippen molar-refractivity contribution in [2.75, 3.05) is 24.8 Å². The first-order valence-electron chi connectivity index (χ1n) is 8.83. The summed E-state index contributed by atoms with van der Waals surface area (Å²) in [6, 6.07) is 15.4. The average Bonchev–Trinajstić information content (AvgIpc) is 3.44. The molecule has 0 unspecified atom stereocenters. The highest BCUT2D eigenvalue weighted by molar-refractivity contribution is 7.13. The molecule has 4 aromatic rings. The molecule has 0 saturated carbocycles. The number of amides is 1. The first-order valence-corrected chi connectivity index (χ1v) is 9.71. The molecule has 2 aromatic heterocycles. The zero-order chi connectivity index (χ0) is 20.2. The van der Waals surface area contributed by atoms with Crippen molar-refractivity contribution >= 4 is 28.1 Å². The summed E-state index contributed by atoms with van der Waals surface area (Å²) in [5.41, 5.74) is 5.41. The number of methoxy groups -OCH3 is 1. The third-order valence-corrected chi connectivity index (χ3v) is 5.01. The van der Waals surface area contributed by atoms with E-state index in [2.05, 4.69) is 30.8 Å². The number of carbonyl (C=O) groups excluding carboxylic acids is 1. The van der Waals surface area contributed by atoms with Crippen LogP contribution in [0.3, 0.4) is 0 Å². The Bertz CT molecular complexity index is 1110. The number of aromatic nitrogens is 4. The van der Waals surface area contributed by atoms with Crippen LogP contribution in [-0.4, -0.2) is 35.2 Å². The van der Waals surface area contributed by atoms with Gasteiger partial charge in [0, 0.05) is 18.3 Å². The molecule has 8 nitrogen and oxygen atoms in total. The summed E-state index contributed by atoms with van der Waals surface area (Å²) in [7, 11) is 3.48. The highest BCUT2D eigenvalue weighted by atomic mass is 32.1. The van der Waals surface area contributed by atoms with E-state index >= 15 is 0 Å². The van der Waals surface area contributed by atoms with Crippen molar-refractivity contribution in [3.63, 3.8) is 0 Å². The predicted molar refractivity (Wildman–Crippen MR) is 112 cm³/mol. The molecule has 0 radical (unpaired) electrons. The van der Waals surface area contributed by atoms with Crippen molar-refractivity contribution in [3.05, 3.63) is 59.7 Å². The number of benzene rings is 2. The van der Waals surface area contributed by atoms with Gasteiger partial charge >= 0.3 is 5.91 Å². The number of hydrogen-bond acceptors (Lipinski definition) is 6. The molecule has 2 aromatic carbocycles. The lowest BCUT2D eigenvalue weighted by Gasteiger charge is -2.01. The van der Waals surface area contributed by atoms with Gasteiger partial charge in [0.1, 0.15) is 11.3 Å². The molecule has 0 aliphatic heterocycles. The summed E-state index contributed by atoms with van der Waals surface area (Å²) in [5, 5.41) is 13.9. The molecule has 0 aliphatic rings. The van der Waals surface area contributed by atoms with Crippen LogP contribution in [0.25, 0.3) is 22.6 Å². The van der Waals surface area contributed by atoms with E-state index < -0.39 is 0 Å². The van der Waals surface area contributed by atoms with Gasteiger partial charge in [0.25, 0.3) is 5.82 Å². The van der Waals surface area contributed by atoms with E-state index in [9.17, 15) is 4.79 Å². The second-order valence-electron chi connectivity index (χ2n) is 6.13. The predicted octanol–water partition coefficient (Wildman–Crippen LogP) is 3.32. The fourth-order valence-corrected chi connectivity index (χ4v) is 3.33. The Hall–Kier alpha value is -3.72. The van der Waals surface area contributed by atoms with Crippen molar-refractivity contribution in [2.24, 2.45) is 0 Å². The molecular weight excluding hydrogens is 388 g/mol. The Morgan fingerprint density at radius 1 is 1.10 bits per heavy atom. The second kappa shape index (κ2) is 8.11. The van der Waals surface area contributed by atoms with E-state index in [-0.39, 0.29) is 5.91 Å². The quantitative estimate of drug-likeness (QED) is 0.455. The Balaban J connectivity index is 1.75. The number of ether oxygens (including phenoxy) is 1. The maximum Gasteiger partial charge on any atom is 0.301 e. The molecule has 0 bridgehead atoms. The molecule has 29 heavy (non-hydrogen) atoms. The molecule has 0 atom stereocenters. The number of nitrogens with one attached hydrogen (secondary N) is 4. The van der Waals surface area contributed by atoms with Gasteiger partial charge in [-0.2, -0.15) is 0 Å². The lowest BCUT2D eigenvalue weighted by atomic mass is 10.1. The fourth-order valence-electron chi connectivity index (χ4n) is 2.89. The molecule has 0 saturated heterocycles. The van der Waals surface area contributed by atoms with Gasteiger partial charge in [-0.05, 0) is 48.5 Å². The monoisotopic (exact) mass is 407 g/mol. The van der Waals surface area contributed by atoms with Crippen LogP contribution >= 0.6 is 11.3 Å². The fraction of sp³-hybridized carbons (Fsp3) is 0.100. The number of carbonyl (C=O) groups is 1. The standard InChI is InChI=1S/C20H18N6O2S/c1-21-14-7-3-13(4-8-14)18-23-16(12-5-9-15(28-2)10-6-12)17(24-18)19(27)25-20-26-22-11-29-20/h3-11,21H,1-2H3,(H,23,24)(H,25,26,27)/p+1. The van der Waals surface area contributed by atoms with Crippen molar-refractivity contribution in [3.8, 4) is 28.4 Å². The van der Waals surface area contributed by atoms with E-state index in [0.717, 1.165) is 28.4 Å². The van der Waals surface area contributed by atoms with Crippen molar-refractivity contribution in [1.82, 2.24) is 15.2 Å². The number of hydrogen-bond donors (Lipinski definition) is 3. The van der Waals surface area contributed by atoms with E-state index in [0.29, 0.717) is 16.5 Å². The minimum Gasteiger partial charge on any atom is -0.497 e. The van der Waals surface area contributed by atoms with Crippen LogP contribution in [0.15, 0.2) is 54.0 Å². The van der Waals surface area contributed by atoms with Crippen LogP contribution < -0.4 is 20.4 Å². The van der Waals surface area contributed by atoms with Crippen LogP contribution in [0.4, 0.5) is 10.8 Å². The second-order valence-corrected chi connectivity index (χ2v) is 6.96. The molecular formula is C20H19N6O2S+. The van der Waals surface area contributed by atoms with Gasteiger partial charge in [0.15, 0.2) is 5.69 Å². The van der Waals surface area contributed by atoms with Gasteiger partial charge in [-0.3, -0.25) is 10.1 Å². The summed E-state index contributed by atoms with van der Waals surface area (Å²) < 4.78 is 5.23. The number of aromatic amines is 2. The summed E-state index contributed by atoms with van der Waals surface area (Å²) in [6.07, 6.45) is 0. The van der Waals surface area contributed by atoms with Gasteiger partial charge in [0.2, 0.25) is 10.8 Å². The van der Waals surface area contributed by atoms with Crippen molar-refractivity contribution < 1.29 is 14.5 Å². The van der Waals surface area contributed by atoms with Crippen LogP contribution in [0, 0.1) is 0 Å². The van der Waals surface area contributed by atoms with Crippen LogP contribution in [0.5, 0.6) is 5.75 Å². The Morgan fingerprint density at radius 3 is 2.45 bits per heavy atom. The van der Waals surface area contributed by atoms with Gasteiger partial charge in [-0.25, -0.2) is 9.97 Å². The molecule has 4 rings (SSSR count). The molecule has 4 N–H and O–H groups in total. The minimum atomic E-state index is -0.304. The summed E-state index contributed by atoms with van der Waals surface area (Å²) in [5.74, 6) is 1.16. The number of imidazole rings is 1. The first kappa shape index (κ1) is 18.6. The molecule has 146 valence electrons. The zero-order valence-corrected chi connectivity index (χ0v) is 16.6. The van der Waals surface area contributed by atoms with Gasteiger partial charge < -0.3 is 10.1 Å². The summed E-state index contributed by atoms with van der Waals surface area (Å²) in [6.45, 7) is 0. The van der Waals surface area contributed by atoms with Gasteiger partial charge in [-0.15, -0.1) is 10.2 Å². The van der Waals surface area contributed by atoms with Crippen molar-refractivity contribution in [2.45, 2.75) is 0 Å². The number of nitrogens with zero attached hydrogens (tertiary/aromatic N) is 2. The highest BCUT2D eigenvalue weighted by Gasteiger charge is 2.26. The number of anilines is 2. The van der Waals surface area contributed by atoms with E-state index in [4.69, 9.17) is 4.74 Å². The SMILES string of the molecule is CNc1ccc(-c2[nH]c(C(=O)Nc3nncs3)c(-c3ccc(OC)cc3)[nH+]2)cc1. The Kier molecular flexibility index (Phi) is 5.21. The molecule has 0 fully saturated rings. The molecule has 2 heterocycles. The zero-order valence-electron chi connectivity index (χ0n) is 15.8. The van der Waals surface area contributed by atoms with Crippen molar-refractivity contribution in [1.29, 1.82) is 0 Å². The molecule has 9 heteroatoms. The minimum absolute atomic E-state index is 0.304. The molecule has 1 amide bonds. The topological polar surface area (TPSA) is 106 Å². The van der Waals surface area contributed by atoms with Gasteiger partial charge in [-0.1, -0.05) is 11.3 Å². The van der Waals surface area contributed by atoms with E-state index in [1.54, 1.807) is 12.6 Å². The van der Waals surface area contributed by atoms with Crippen LogP contribution in [0.1, 0.15) is 10.5 Å². The number of rotatable bonds is 6. The van der Waals surface area contributed by atoms with E-state index in [1.165, 1.54) is 11.3 Å². The lowest BCUT2D eigenvalue weighted by molar-refractivity contribution is -0.349. The third kappa shape index (κ3) is 3.94. The normalized spacial score (nSPS) is 10.6.